The molecule has 24 heavy (non-hydrogen) atoms. The predicted octanol–water partition coefficient (Wildman–Crippen LogP) is 3.02. The summed E-state index contributed by atoms with van der Waals surface area (Å²) in [5, 5.41) is 11.2. The second-order valence-electron chi connectivity index (χ2n) is 6.53. The predicted molar refractivity (Wildman–Crippen MR) is 96.6 cm³/mol. The molecule has 5 nitrogen and oxygen atoms in total. The number of piperidine rings is 1. The van der Waals surface area contributed by atoms with Crippen LogP contribution >= 0.6 is 23.7 Å². The molecule has 2 unspecified atom stereocenters. The highest BCUT2D eigenvalue weighted by molar-refractivity contribution is 7.10. The van der Waals surface area contributed by atoms with Crippen molar-refractivity contribution >= 4 is 35.6 Å². The minimum atomic E-state index is -0.707. The van der Waals surface area contributed by atoms with E-state index < -0.39 is 5.97 Å². The third kappa shape index (κ3) is 3.92. The van der Waals surface area contributed by atoms with Crippen LogP contribution in [0.5, 0.6) is 0 Å². The normalized spacial score (nSPS) is 23.7. The first-order valence-electron chi connectivity index (χ1n) is 8.38. The van der Waals surface area contributed by atoms with E-state index in [9.17, 15) is 9.59 Å². The van der Waals surface area contributed by atoms with Gasteiger partial charge in [-0.15, -0.1) is 23.7 Å². The van der Waals surface area contributed by atoms with Gasteiger partial charge in [-0.3, -0.25) is 14.5 Å². The smallest absolute Gasteiger partial charge is 0.306 e. The standard InChI is InChI=1S/C17H24N2O3S.ClH/c1-12(18-9-6-13(7-10-18)17(21)22)16(20)19-8-2-4-14(19)15-5-3-11-23-15;/h3,5,11-14H,2,4,6-10H2,1H3,(H,21,22);1H. The van der Waals surface area contributed by atoms with Crippen LogP contribution < -0.4 is 0 Å². The summed E-state index contributed by atoms with van der Waals surface area (Å²) in [6.45, 7) is 4.19. The van der Waals surface area contributed by atoms with Gasteiger partial charge in [0.05, 0.1) is 18.0 Å². The molecule has 1 N–H and O–H groups in total. The number of hydrogen-bond acceptors (Lipinski definition) is 4. The fourth-order valence-electron chi connectivity index (χ4n) is 3.74. The highest BCUT2D eigenvalue weighted by Gasteiger charge is 2.36. The van der Waals surface area contributed by atoms with Crippen molar-refractivity contribution in [1.29, 1.82) is 0 Å². The quantitative estimate of drug-likeness (QED) is 0.882. The van der Waals surface area contributed by atoms with Gasteiger partial charge in [0.15, 0.2) is 0 Å². The van der Waals surface area contributed by atoms with E-state index in [1.54, 1.807) is 11.3 Å². The average Bonchev–Trinajstić information content (AvgIpc) is 3.24. The Morgan fingerprint density at radius 2 is 1.96 bits per heavy atom. The summed E-state index contributed by atoms with van der Waals surface area (Å²) in [4.78, 5) is 29.4. The summed E-state index contributed by atoms with van der Waals surface area (Å²) < 4.78 is 0. The molecule has 2 aliphatic heterocycles. The van der Waals surface area contributed by atoms with E-state index in [0.717, 1.165) is 19.4 Å². The van der Waals surface area contributed by atoms with Gasteiger partial charge >= 0.3 is 5.97 Å². The third-order valence-electron chi connectivity index (χ3n) is 5.19. The van der Waals surface area contributed by atoms with Gasteiger partial charge < -0.3 is 10.0 Å². The topological polar surface area (TPSA) is 60.9 Å². The van der Waals surface area contributed by atoms with Crippen molar-refractivity contribution in [3.8, 4) is 0 Å². The van der Waals surface area contributed by atoms with Crippen LogP contribution in [0, 0.1) is 5.92 Å². The summed E-state index contributed by atoms with van der Waals surface area (Å²) in [5.74, 6) is -0.769. The number of nitrogens with zero attached hydrogens (tertiary/aromatic N) is 2. The molecule has 0 aliphatic carbocycles. The summed E-state index contributed by atoms with van der Waals surface area (Å²) in [5.41, 5.74) is 0. The molecular formula is C17H25ClN2O3S. The highest BCUT2D eigenvalue weighted by atomic mass is 35.5. The molecule has 2 saturated heterocycles. The Hall–Kier alpha value is -1.11. The van der Waals surface area contributed by atoms with E-state index in [0.29, 0.717) is 25.9 Å². The Kier molecular flexibility index (Phi) is 6.66. The fraction of sp³-hybridized carbons (Fsp3) is 0.647. The van der Waals surface area contributed by atoms with Crippen LogP contribution in [-0.2, 0) is 9.59 Å². The van der Waals surface area contributed by atoms with Gasteiger partial charge in [0.25, 0.3) is 0 Å². The molecule has 0 aromatic carbocycles. The summed E-state index contributed by atoms with van der Waals surface area (Å²) >= 11 is 1.72. The third-order valence-corrected chi connectivity index (χ3v) is 6.16. The van der Waals surface area contributed by atoms with Crippen molar-refractivity contribution in [2.75, 3.05) is 19.6 Å². The van der Waals surface area contributed by atoms with E-state index in [1.165, 1.54) is 4.88 Å². The number of rotatable bonds is 4. The minimum Gasteiger partial charge on any atom is -0.481 e. The summed E-state index contributed by atoms with van der Waals surface area (Å²) in [7, 11) is 0. The Balaban J connectivity index is 0.00000208. The molecule has 7 heteroatoms. The molecule has 134 valence electrons. The van der Waals surface area contributed by atoms with Crippen LogP contribution in [0.4, 0.5) is 0 Å². The van der Waals surface area contributed by atoms with Crippen LogP contribution in [-0.4, -0.2) is 52.5 Å². The van der Waals surface area contributed by atoms with Gasteiger partial charge in [-0.05, 0) is 57.1 Å². The van der Waals surface area contributed by atoms with Gasteiger partial charge in [0.2, 0.25) is 5.91 Å². The SMILES string of the molecule is CC(C(=O)N1CCCC1c1cccs1)N1CCC(C(=O)O)CC1.Cl. The van der Waals surface area contributed by atoms with Crippen LogP contribution in [0.1, 0.15) is 43.5 Å². The molecule has 1 aromatic rings. The number of amides is 1. The van der Waals surface area contributed by atoms with Crippen molar-refractivity contribution in [2.45, 2.75) is 44.7 Å². The van der Waals surface area contributed by atoms with Crippen molar-refractivity contribution in [1.82, 2.24) is 9.80 Å². The number of hydrogen-bond donors (Lipinski definition) is 1. The lowest BCUT2D eigenvalue weighted by Gasteiger charge is -2.36. The van der Waals surface area contributed by atoms with Crippen molar-refractivity contribution in [3.05, 3.63) is 22.4 Å². The zero-order valence-electron chi connectivity index (χ0n) is 13.9. The maximum atomic E-state index is 12.9. The maximum absolute atomic E-state index is 12.9. The molecule has 3 heterocycles. The molecule has 2 aliphatic rings. The Morgan fingerprint density at radius 1 is 1.25 bits per heavy atom. The number of halogens is 1. The molecule has 0 radical (unpaired) electrons. The van der Waals surface area contributed by atoms with Crippen molar-refractivity contribution in [3.63, 3.8) is 0 Å². The molecular weight excluding hydrogens is 348 g/mol. The first-order chi connectivity index (χ1) is 11.1. The van der Waals surface area contributed by atoms with Gasteiger partial charge in [-0.25, -0.2) is 0 Å². The molecule has 1 aromatic heterocycles. The zero-order valence-corrected chi connectivity index (χ0v) is 15.5. The average molecular weight is 373 g/mol. The Bertz CT molecular complexity index is 558. The Labute approximate surface area is 153 Å². The number of aliphatic carboxylic acids is 1. The van der Waals surface area contributed by atoms with Gasteiger partial charge in [0.1, 0.15) is 0 Å². The molecule has 0 spiro atoms. The molecule has 0 bridgehead atoms. The monoisotopic (exact) mass is 372 g/mol. The number of carboxylic acids is 1. The molecule has 1 amide bonds. The van der Waals surface area contributed by atoms with E-state index in [4.69, 9.17) is 5.11 Å². The first-order valence-corrected chi connectivity index (χ1v) is 9.26. The molecule has 0 saturated carbocycles. The first kappa shape index (κ1) is 19.2. The lowest BCUT2D eigenvalue weighted by atomic mass is 9.96. The van der Waals surface area contributed by atoms with Crippen molar-refractivity contribution < 1.29 is 14.7 Å². The minimum absolute atomic E-state index is 0. The van der Waals surface area contributed by atoms with Crippen LogP contribution in [0.15, 0.2) is 17.5 Å². The lowest BCUT2D eigenvalue weighted by molar-refractivity contribution is -0.144. The Morgan fingerprint density at radius 3 is 2.54 bits per heavy atom. The molecule has 3 rings (SSSR count). The second kappa shape index (κ2) is 8.32. The zero-order chi connectivity index (χ0) is 16.4. The van der Waals surface area contributed by atoms with Gasteiger partial charge in [-0.1, -0.05) is 6.07 Å². The molecule has 2 fully saturated rings. The van der Waals surface area contributed by atoms with E-state index in [-0.39, 0.29) is 36.3 Å². The summed E-state index contributed by atoms with van der Waals surface area (Å²) in [6, 6.07) is 4.22. The number of carbonyl (C=O) groups excluding carboxylic acids is 1. The number of carboxylic acid groups (broad SMARTS) is 1. The number of carbonyl (C=O) groups is 2. The van der Waals surface area contributed by atoms with E-state index >= 15 is 0 Å². The van der Waals surface area contributed by atoms with Crippen LogP contribution in [0.3, 0.4) is 0 Å². The number of thiophene rings is 1. The molecule has 2 atom stereocenters. The summed E-state index contributed by atoms with van der Waals surface area (Å²) in [6.07, 6.45) is 3.38. The van der Waals surface area contributed by atoms with E-state index in [1.807, 2.05) is 17.9 Å². The lowest BCUT2D eigenvalue weighted by Crippen LogP contribution is -2.50. The van der Waals surface area contributed by atoms with Crippen molar-refractivity contribution in [2.24, 2.45) is 5.92 Å². The van der Waals surface area contributed by atoms with Crippen LogP contribution in [0.25, 0.3) is 0 Å². The number of likely N-dealkylation sites (tertiary alicyclic amines) is 2. The highest BCUT2D eigenvalue weighted by Crippen LogP contribution is 2.35. The van der Waals surface area contributed by atoms with Gasteiger partial charge in [-0.2, -0.15) is 0 Å². The van der Waals surface area contributed by atoms with Crippen LogP contribution in [0.2, 0.25) is 0 Å². The van der Waals surface area contributed by atoms with Gasteiger partial charge in [0, 0.05) is 11.4 Å². The largest absolute Gasteiger partial charge is 0.481 e. The fourth-order valence-corrected chi connectivity index (χ4v) is 4.61. The van der Waals surface area contributed by atoms with E-state index in [2.05, 4.69) is 16.3 Å². The second-order valence-corrected chi connectivity index (χ2v) is 7.51. The maximum Gasteiger partial charge on any atom is 0.306 e.